The maximum atomic E-state index is 13.6. The summed E-state index contributed by atoms with van der Waals surface area (Å²) in [7, 11) is 3.00. The zero-order valence-corrected chi connectivity index (χ0v) is 20.1. The molecule has 1 N–H and O–H groups in total. The van der Waals surface area contributed by atoms with Gasteiger partial charge in [0.05, 0.1) is 43.1 Å². The summed E-state index contributed by atoms with van der Waals surface area (Å²) in [6, 6.07) is 10.1. The van der Waals surface area contributed by atoms with Gasteiger partial charge in [-0.3, -0.25) is 19.5 Å². The summed E-state index contributed by atoms with van der Waals surface area (Å²) >= 11 is 0. The molecule has 2 aromatic carbocycles. The Bertz CT molecular complexity index is 1570. The van der Waals surface area contributed by atoms with Crippen molar-refractivity contribution in [3.8, 4) is 11.5 Å². The van der Waals surface area contributed by atoms with Crippen LogP contribution in [0, 0.1) is 10.1 Å². The van der Waals surface area contributed by atoms with E-state index in [0.717, 1.165) is 0 Å². The first kappa shape index (κ1) is 24.5. The lowest BCUT2D eigenvalue weighted by atomic mass is 9.95. The highest BCUT2D eigenvalue weighted by Crippen LogP contribution is 2.35. The van der Waals surface area contributed by atoms with Gasteiger partial charge in [0, 0.05) is 12.1 Å². The van der Waals surface area contributed by atoms with Crippen molar-refractivity contribution in [2.45, 2.75) is 19.9 Å². The number of nitrogens with zero attached hydrogens (tertiary/aromatic N) is 3. The third-order valence-electron chi connectivity index (χ3n) is 5.73. The number of esters is 1. The van der Waals surface area contributed by atoms with E-state index in [4.69, 9.17) is 14.2 Å². The topological polar surface area (TPSA) is 138 Å². The molecule has 0 aliphatic carbocycles. The average molecular weight is 492 g/mol. The van der Waals surface area contributed by atoms with E-state index >= 15 is 0 Å². The monoisotopic (exact) mass is 492 g/mol. The minimum atomic E-state index is -0.868. The largest absolute Gasteiger partial charge is 0.493 e. The van der Waals surface area contributed by atoms with E-state index in [0.29, 0.717) is 28.3 Å². The molecule has 3 aromatic rings. The number of carbonyl (C=O) groups excluding carboxylic acids is 1. The summed E-state index contributed by atoms with van der Waals surface area (Å²) in [6.07, 6.45) is 1.50. The van der Waals surface area contributed by atoms with Crippen LogP contribution in [0.4, 0.5) is 5.69 Å². The highest BCUT2D eigenvalue weighted by molar-refractivity contribution is 5.91. The zero-order valence-electron chi connectivity index (χ0n) is 20.1. The predicted molar refractivity (Wildman–Crippen MR) is 130 cm³/mol. The second-order valence-corrected chi connectivity index (χ2v) is 7.88. The van der Waals surface area contributed by atoms with Gasteiger partial charge in [0.1, 0.15) is 5.35 Å². The predicted octanol–water partition coefficient (Wildman–Crippen LogP) is 1.99. The molecular weight excluding hydrogens is 468 g/mol. The Balaban J connectivity index is 1.96. The standard InChI is InChI=1S/C25H24N4O7/c1-5-36-24(31)21-14(2)26-25-27-18(12-15-7-6-8-17(11-15)29(32)33)23(30)28(25)22(21)16-9-10-19(34-3)20(13-16)35-4/h6-13,22H,5H2,1-4H3,(H,26,27)/b18-12-. The number of carbonyl (C=O) groups is 1. The van der Waals surface area contributed by atoms with Crippen LogP contribution in [0.3, 0.4) is 0 Å². The molecule has 0 spiro atoms. The van der Waals surface area contributed by atoms with Crippen molar-refractivity contribution in [3.63, 3.8) is 0 Å². The lowest BCUT2D eigenvalue weighted by Crippen LogP contribution is -2.40. The van der Waals surface area contributed by atoms with Crippen LogP contribution < -0.4 is 26.0 Å². The molecule has 2 heterocycles. The highest BCUT2D eigenvalue weighted by Gasteiger charge is 2.33. The fourth-order valence-electron chi connectivity index (χ4n) is 4.13. The van der Waals surface area contributed by atoms with E-state index in [-0.39, 0.29) is 28.8 Å². The molecule has 0 bridgehead atoms. The van der Waals surface area contributed by atoms with E-state index in [1.807, 2.05) is 0 Å². The number of aromatic nitrogens is 2. The molecule has 1 aromatic heterocycles. The Morgan fingerprint density at radius 2 is 1.94 bits per heavy atom. The average Bonchev–Trinajstić information content (AvgIpc) is 3.17. The molecular formula is C25H24N4O7. The van der Waals surface area contributed by atoms with E-state index in [2.05, 4.69) is 9.98 Å². The maximum absolute atomic E-state index is 13.6. The van der Waals surface area contributed by atoms with Gasteiger partial charge in [-0.2, -0.15) is 0 Å². The zero-order chi connectivity index (χ0) is 26.0. The van der Waals surface area contributed by atoms with Crippen molar-refractivity contribution in [3.05, 3.63) is 96.3 Å². The molecule has 0 radical (unpaired) electrons. The number of methoxy groups -OCH3 is 2. The number of aromatic amines is 1. The fraction of sp³-hybridized carbons (Fsp3) is 0.240. The van der Waals surface area contributed by atoms with Crippen LogP contribution >= 0.6 is 0 Å². The van der Waals surface area contributed by atoms with Crippen LogP contribution in [-0.4, -0.2) is 41.3 Å². The lowest BCUT2D eigenvalue weighted by Gasteiger charge is -2.25. The van der Waals surface area contributed by atoms with Gasteiger partial charge in [-0.25, -0.2) is 9.79 Å². The van der Waals surface area contributed by atoms with Crippen LogP contribution in [0.5, 0.6) is 11.5 Å². The van der Waals surface area contributed by atoms with Gasteiger partial charge >= 0.3 is 5.97 Å². The first-order valence-corrected chi connectivity index (χ1v) is 11.0. The van der Waals surface area contributed by atoms with Crippen LogP contribution in [0.15, 0.2) is 63.5 Å². The normalized spacial score (nSPS) is 15.2. The van der Waals surface area contributed by atoms with Crippen LogP contribution in [-0.2, 0) is 9.53 Å². The van der Waals surface area contributed by atoms with Gasteiger partial charge < -0.3 is 19.2 Å². The molecule has 1 aliphatic rings. The molecule has 4 rings (SSSR count). The first-order valence-electron chi connectivity index (χ1n) is 11.0. The number of H-pyrrole nitrogens is 1. The third kappa shape index (κ3) is 4.38. The van der Waals surface area contributed by atoms with Gasteiger partial charge in [0.25, 0.3) is 11.2 Å². The number of non-ortho nitro benzene ring substituents is 1. The Labute approximate surface area is 205 Å². The number of allylic oxidation sites excluding steroid dienone is 1. The number of imidazole rings is 1. The summed E-state index contributed by atoms with van der Waals surface area (Å²) in [4.78, 5) is 44.7. The van der Waals surface area contributed by atoms with Crippen LogP contribution in [0.1, 0.15) is 31.0 Å². The molecule has 0 fully saturated rings. The molecule has 1 unspecified atom stereocenters. The number of nitrogens with one attached hydrogen (secondary N) is 1. The number of nitro benzene ring substituents is 1. The Hall–Kier alpha value is -4.67. The van der Waals surface area contributed by atoms with Crippen molar-refractivity contribution in [1.29, 1.82) is 0 Å². The third-order valence-corrected chi connectivity index (χ3v) is 5.73. The second-order valence-electron chi connectivity index (χ2n) is 7.88. The molecule has 186 valence electrons. The Morgan fingerprint density at radius 1 is 1.19 bits per heavy atom. The first-order chi connectivity index (χ1) is 17.3. The van der Waals surface area contributed by atoms with Gasteiger partial charge in [-0.15, -0.1) is 0 Å². The summed E-state index contributed by atoms with van der Waals surface area (Å²) in [5.74, 6) is 0.315. The summed E-state index contributed by atoms with van der Waals surface area (Å²) in [5, 5.41) is 11.3. The van der Waals surface area contributed by atoms with E-state index in [1.165, 1.54) is 43.1 Å². The fourth-order valence-corrected chi connectivity index (χ4v) is 4.13. The minimum absolute atomic E-state index is 0.102. The van der Waals surface area contributed by atoms with Gasteiger partial charge in [-0.1, -0.05) is 18.2 Å². The van der Waals surface area contributed by atoms with E-state index in [1.54, 1.807) is 38.1 Å². The van der Waals surface area contributed by atoms with E-state index in [9.17, 15) is 19.7 Å². The van der Waals surface area contributed by atoms with Crippen molar-refractivity contribution >= 4 is 17.7 Å². The minimum Gasteiger partial charge on any atom is -0.493 e. The molecule has 0 saturated heterocycles. The summed E-state index contributed by atoms with van der Waals surface area (Å²) in [6.45, 7) is 3.51. The smallest absolute Gasteiger partial charge is 0.338 e. The molecule has 1 atom stereocenters. The Kier molecular flexibility index (Phi) is 6.73. The Morgan fingerprint density at radius 3 is 2.61 bits per heavy atom. The van der Waals surface area contributed by atoms with Crippen molar-refractivity contribution in [1.82, 2.24) is 9.55 Å². The van der Waals surface area contributed by atoms with Crippen LogP contribution in [0.2, 0.25) is 0 Å². The van der Waals surface area contributed by atoms with Gasteiger partial charge in [0.2, 0.25) is 5.62 Å². The molecule has 36 heavy (non-hydrogen) atoms. The van der Waals surface area contributed by atoms with Crippen molar-refractivity contribution in [2.75, 3.05) is 20.8 Å². The molecule has 1 aliphatic heterocycles. The van der Waals surface area contributed by atoms with E-state index < -0.39 is 22.5 Å². The number of hydrogen-bond donors (Lipinski definition) is 1. The number of fused-ring (bicyclic) bond motifs is 1. The van der Waals surface area contributed by atoms with Crippen LogP contribution in [0.25, 0.3) is 6.08 Å². The number of benzene rings is 2. The molecule has 0 saturated carbocycles. The molecule has 0 amide bonds. The van der Waals surface area contributed by atoms with Crippen molar-refractivity contribution in [2.24, 2.45) is 4.99 Å². The number of rotatable bonds is 7. The van der Waals surface area contributed by atoms with Gasteiger partial charge in [0.15, 0.2) is 11.5 Å². The summed E-state index contributed by atoms with van der Waals surface area (Å²) < 4.78 is 17.4. The number of hydrogen-bond acceptors (Lipinski definition) is 8. The maximum Gasteiger partial charge on any atom is 0.338 e. The molecule has 11 heteroatoms. The SMILES string of the molecule is CCOC(=O)C1=C(C)N=c2[nH]/c(=C\c3cccc([N+](=O)[O-])c3)c(=O)n2C1c1ccc(OC)c(OC)c1. The second kappa shape index (κ2) is 9.90. The number of nitro groups is 1. The molecule has 11 nitrogen and oxygen atoms in total. The quantitative estimate of drug-likeness (QED) is 0.302. The highest BCUT2D eigenvalue weighted by atomic mass is 16.6. The van der Waals surface area contributed by atoms with Gasteiger partial charge in [-0.05, 0) is 43.2 Å². The summed E-state index contributed by atoms with van der Waals surface area (Å²) in [5.41, 5.74) is 1.29. The van der Waals surface area contributed by atoms with Crippen molar-refractivity contribution < 1.29 is 23.9 Å². The lowest BCUT2D eigenvalue weighted by molar-refractivity contribution is -0.384. The number of ether oxygens (including phenoxy) is 3.